The molecule has 2 aliphatic rings. The fraction of sp³-hybridized carbons (Fsp3) is 0.385. The van der Waals surface area contributed by atoms with Gasteiger partial charge in [0.1, 0.15) is 17.3 Å². The van der Waals surface area contributed by atoms with Crippen LogP contribution in [0.5, 0.6) is 11.5 Å². The Morgan fingerprint density at radius 2 is 1.77 bits per heavy atom. The Hall–Kier alpha value is -3.07. The third-order valence-corrected chi connectivity index (χ3v) is 6.62. The highest BCUT2D eigenvalue weighted by atomic mass is 35.5. The number of hydrogen-bond donors (Lipinski definition) is 1. The summed E-state index contributed by atoms with van der Waals surface area (Å²) in [5, 5.41) is 11.7. The van der Waals surface area contributed by atoms with E-state index in [0.29, 0.717) is 53.8 Å². The molecule has 0 unspecified atom stereocenters. The summed E-state index contributed by atoms with van der Waals surface area (Å²) >= 11 is 6.00. The van der Waals surface area contributed by atoms with Gasteiger partial charge in [0.2, 0.25) is 0 Å². The van der Waals surface area contributed by atoms with E-state index in [2.05, 4.69) is 4.90 Å². The first kappa shape index (κ1) is 25.0. The SMILES string of the molecule is COc1ccc(OC)c([C@@H]2C(=C(O)c3ccc(Cl)cc3)C(=O)C(=O)N2CCCN2CCOCC2)c1. The van der Waals surface area contributed by atoms with Crippen LogP contribution in [-0.2, 0) is 14.3 Å². The quantitative estimate of drug-likeness (QED) is 0.337. The lowest BCUT2D eigenvalue weighted by molar-refractivity contribution is -0.140. The van der Waals surface area contributed by atoms with Crippen LogP contribution in [0.3, 0.4) is 0 Å². The molecule has 186 valence electrons. The first-order valence-corrected chi connectivity index (χ1v) is 11.9. The third kappa shape index (κ3) is 5.29. The molecule has 9 heteroatoms. The molecule has 0 radical (unpaired) electrons. The Labute approximate surface area is 209 Å². The average molecular weight is 501 g/mol. The van der Waals surface area contributed by atoms with Gasteiger partial charge in [0.05, 0.1) is 39.0 Å². The molecule has 0 aliphatic carbocycles. The number of nitrogens with zero attached hydrogens (tertiary/aromatic N) is 2. The highest BCUT2D eigenvalue weighted by Gasteiger charge is 2.47. The molecule has 35 heavy (non-hydrogen) atoms. The minimum Gasteiger partial charge on any atom is -0.507 e. The van der Waals surface area contributed by atoms with Crippen molar-refractivity contribution in [2.24, 2.45) is 0 Å². The van der Waals surface area contributed by atoms with Gasteiger partial charge in [0.15, 0.2) is 0 Å². The van der Waals surface area contributed by atoms with Crippen LogP contribution in [-0.4, -0.2) is 80.2 Å². The summed E-state index contributed by atoms with van der Waals surface area (Å²) in [6.45, 7) is 4.15. The molecule has 0 bridgehead atoms. The Morgan fingerprint density at radius 3 is 2.43 bits per heavy atom. The van der Waals surface area contributed by atoms with Crippen molar-refractivity contribution < 1.29 is 28.9 Å². The van der Waals surface area contributed by atoms with Gasteiger partial charge in [-0.2, -0.15) is 0 Å². The maximum atomic E-state index is 13.3. The van der Waals surface area contributed by atoms with Crippen molar-refractivity contribution in [1.29, 1.82) is 0 Å². The number of Topliss-reactive ketones (excluding diaryl/α,β-unsaturated/α-hetero) is 1. The van der Waals surface area contributed by atoms with E-state index >= 15 is 0 Å². The van der Waals surface area contributed by atoms with E-state index in [0.717, 1.165) is 19.6 Å². The number of rotatable bonds is 8. The maximum Gasteiger partial charge on any atom is 0.295 e. The van der Waals surface area contributed by atoms with Crippen LogP contribution in [0.15, 0.2) is 48.0 Å². The van der Waals surface area contributed by atoms with Gasteiger partial charge in [-0.25, -0.2) is 0 Å². The predicted octanol–water partition coefficient (Wildman–Crippen LogP) is 3.50. The second-order valence-corrected chi connectivity index (χ2v) is 8.85. The standard InChI is InChI=1S/C26H29ClN2O6/c1-33-19-8-9-21(34-2)20(16-19)23-22(24(30)17-4-6-18(27)7-5-17)25(31)26(32)29(23)11-3-10-28-12-14-35-15-13-28/h4-9,16,23,30H,3,10-15H2,1-2H3/t23-/m1/s1. The molecule has 8 nitrogen and oxygen atoms in total. The fourth-order valence-electron chi connectivity index (χ4n) is 4.54. The smallest absolute Gasteiger partial charge is 0.295 e. The minimum atomic E-state index is -0.833. The monoisotopic (exact) mass is 500 g/mol. The van der Waals surface area contributed by atoms with Gasteiger partial charge in [-0.15, -0.1) is 0 Å². The number of carbonyl (C=O) groups excluding carboxylic acids is 2. The van der Waals surface area contributed by atoms with Crippen molar-refractivity contribution in [2.45, 2.75) is 12.5 Å². The number of aliphatic hydroxyl groups is 1. The lowest BCUT2D eigenvalue weighted by atomic mass is 9.94. The van der Waals surface area contributed by atoms with Gasteiger partial charge in [0.25, 0.3) is 11.7 Å². The van der Waals surface area contributed by atoms with Gasteiger partial charge in [-0.1, -0.05) is 11.6 Å². The van der Waals surface area contributed by atoms with Crippen molar-refractivity contribution in [3.8, 4) is 11.5 Å². The van der Waals surface area contributed by atoms with E-state index < -0.39 is 17.7 Å². The molecule has 1 N–H and O–H groups in total. The Kier molecular flexibility index (Phi) is 7.95. The molecular weight excluding hydrogens is 472 g/mol. The topological polar surface area (TPSA) is 88.5 Å². The van der Waals surface area contributed by atoms with Crippen molar-refractivity contribution >= 4 is 29.1 Å². The number of morpholine rings is 1. The molecule has 0 saturated carbocycles. The number of aliphatic hydroxyl groups excluding tert-OH is 1. The van der Waals surface area contributed by atoms with Crippen molar-refractivity contribution in [3.63, 3.8) is 0 Å². The highest BCUT2D eigenvalue weighted by molar-refractivity contribution is 6.46. The minimum absolute atomic E-state index is 0.00949. The zero-order chi connectivity index (χ0) is 24.9. The molecule has 2 aliphatic heterocycles. The number of amides is 1. The average Bonchev–Trinajstić information content (AvgIpc) is 3.14. The number of likely N-dealkylation sites (tertiary alicyclic amines) is 1. The number of methoxy groups -OCH3 is 2. The number of carbonyl (C=O) groups is 2. The van der Waals surface area contributed by atoms with Gasteiger partial charge in [-0.05, 0) is 48.9 Å². The molecule has 1 atom stereocenters. The predicted molar refractivity (Wildman–Crippen MR) is 132 cm³/mol. The van der Waals surface area contributed by atoms with Crippen LogP contribution in [0.4, 0.5) is 0 Å². The highest BCUT2D eigenvalue weighted by Crippen LogP contribution is 2.44. The van der Waals surface area contributed by atoms with Crippen molar-refractivity contribution in [3.05, 3.63) is 64.2 Å². The van der Waals surface area contributed by atoms with E-state index in [1.54, 1.807) is 49.6 Å². The van der Waals surface area contributed by atoms with Crippen molar-refractivity contribution in [2.75, 3.05) is 53.6 Å². The zero-order valence-electron chi connectivity index (χ0n) is 19.8. The van der Waals surface area contributed by atoms with Gasteiger partial charge in [0, 0.05) is 42.3 Å². The summed E-state index contributed by atoms with van der Waals surface area (Å²) in [6, 6.07) is 10.8. The normalized spacial score (nSPS) is 20.3. The number of ether oxygens (including phenoxy) is 3. The van der Waals surface area contributed by atoms with E-state index in [9.17, 15) is 14.7 Å². The van der Waals surface area contributed by atoms with Crippen LogP contribution in [0.2, 0.25) is 5.02 Å². The Balaban J connectivity index is 1.75. The summed E-state index contributed by atoms with van der Waals surface area (Å²) in [6.07, 6.45) is 0.663. The lowest BCUT2D eigenvalue weighted by Crippen LogP contribution is -2.39. The number of benzene rings is 2. The van der Waals surface area contributed by atoms with Crippen LogP contribution in [0.1, 0.15) is 23.6 Å². The van der Waals surface area contributed by atoms with Gasteiger partial charge < -0.3 is 24.2 Å². The summed E-state index contributed by atoms with van der Waals surface area (Å²) in [5.74, 6) is -0.620. The Bertz CT molecular complexity index is 1110. The van der Waals surface area contributed by atoms with Crippen molar-refractivity contribution in [1.82, 2.24) is 9.80 Å². The second kappa shape index (κ2) is 11.1. The molecule has 0 aromatic heterocycles. The molecule has 4 rings (SSSR count). The molecule has 2 fully saturated rings. The van der Waals surface area contributed by atoms with E-state index in [1.165, 1.54) is 12.0 Å². The second-order valence-electron chi connectivity index (χ2n) is 8.41. The molecule has 2 aromatic rings. The first-order chi connectivity index (χ1) is 16.9. The molecule has 1 amide bonds. The third-order valence-electron chi connectivity index (χ3n) is 6.37. The fourth-order valence-corrected chi connectivity index (χ4v) is 4.67. The van der Waals surface area contributed by atoms with E-state index in [4.69, 9.17) is 25.8 Å². The molecule has 2 saturated heterocycles. The molecule has 0 spiro atoms. The lowest BCUT2D eigenvalue weighted by Gasteiger charge is -2.29. The van der Waals surface area contributed by atoms with Crippen LogP contribution < -0.4 is 9.47 Å². The maximum absolute atomic E-state index is 13.3. The largest absolute Gasteiger partial charge is 0.507 e. The molecule has 2 aromatic carbocycles. The first-order valence-electron chi connectivity index (χ1n) is 11.5. The molecule has 2 heterocycles. The summed E-state index contributed by atoms with van der Waals surface area (Å²) in [4.78, 5) is 30.3. The zero-order valence-corrected chi connectivity index (χ0v) is 20.6. The van der Waals surface area contributed by atoms with Crippen LogP contribution in [0, 0.1) is 0 Å². The summed E-state index contributed by atoms with van der Waals surface area (Å²) < 4.78 is 16.4. The van der Waals surface area contributed by atoms with Gasteiger partial charge >= 0.3 is 0 Å². The van der Waals surface area contributed by atoms with Gasteiger partial charge in [-0.3, -0.25) is 14.5 Å². The summed E-state index contributed by atoms with van der Waals surface area (Å²) in [7, 11) is 3.06. The number of halogens is 1. The van der Waals surface area contributed by atoms with Crippen LogP contribution >= 0.6 is 11.6 Å². The Morgan fingerprint density at radius 1 is 1.06 bits per heavy atom. The summed E-state index contributed by atoms with van der Waals surface area (Å²) in [5.41, 5.74) is 0.968. The van der Waals surface area contributed by atoms with Crippen LogP contribution in [0.25, 0.3) is 5.76 Å². The molecular formula is C26H29ClN2O6. The van der Waals surface area contributed by atoms with E-state index in [1.807, 2.05) is 0 Å². The van der Waals surface area contributed by atoms with E-state index in [-0.39, 0.29) is 11.3 Å². The number of hydrogen-bond acceptors (Lipinski definition) is 7. The number of ketones is 1.